The maximum Gasteiger partial charge on any atom is 0.311 e. The predicted octanol–water partition coefficient (Wildman–Crippen LogP) is 4.88. The van der Waals surface area contributed by atoms with Crippen molar-refractivity contribution in [3.63, 3.8) is 0 Å². The van der Waals surface area contributed by atoms with Crippen LogP contribution in [0.3, 0.4) is 0 Å². The Bertz CT molecular complexity index is 1270. The first kappa shape index (κ1) is 19.0. The first-order valence-corrected chi connectivity index (χ1v) is 9.52. The van der Waals surface area contributed by atoms with Gasteiger partial charge in [0.2, 0.25) is 0 Å². The van der Waals surface area contributed by atoms with E-state index in [-0.39, 0.29) is 11.2 Å². The summed E-state index contributed by atoms with van der Waals surface area (Å²) in [5, 5.41) is 21.0. The number of aromatic hydroxyl groups is 1. The third-order valence-corrected chi connectivity index (χ3v) is 5.83. The topological polar surface area (TPSA) is 87.7 Å². The van der Waals surface area contributed by atoms with Crippen molar-refractivity contribution in [3.8, 4) is 17.1 Å². The standard InChI is InChI=1S/C24H22O5/c1-11-9-17(25)13(3)22-19(11)21(15-7-5-6-8-16(15)24(27)28)20-12(2)10-18(26)14(4)23(20)29-22/h5-7,9-10,16,25H,8H2,1-4H3,(H,27,28). The average molecular weight is 390 g/mol. The van der Waals surface area contributed by atoms with E-state index >= 15 is 0 Å². The normalized spacial score (nSPS) is 16.4. The molecule has 1 aromatic rings. The number of hydrogen-bond acceptors (Lipinski definition) is 4. The molecule has 148 valence electrons. The molecule has 1 heterocycles. The van der Waals surface area contributed by atoms with Crippen LogP contribution in [-0.2, 0) is 4.79 Å². The Hall–Kier alpha value is -3.34. The number of rotatable bonds is 2. The van der Waals surface area contributed by atoms with Crippen molar-refractivity contribution in [2.75, 3.05) is 0 Å². The second kappa shape index (κ2) is 6.62. The minimum Gasteiger partial charge on any atom is -0.508 e. The molecule has 29 heavy (non-hydrogen) atoms. The van der Waals surface area contributed by atoms with Gasteiger partial charge in [-0.1, -0.05) is 18.2 Å². The molecule has 1 aromatic carbocycles. The smallest absolute Gasteiger partial charge is 0.311 e. The number of allylic oxidation sites excluding steroid dienone is 3. The quantitative estimate of drug-likeness (QED) is 0.609. The Morgan fingerprint density at radius 1 is 1.07 bits per heavy atom. The van der Waals surface area contributed by atoms with E-state index < -0.39 is 11.9 Å². The van der Waals surface area contributed by atoms with E-state index in [1.54, 1.807) is 26.0 Å². The van der Waals surface area contributed by atoms with E-state index in [0.29, 0.717) is 34.5 Å². The van der Waals surface area contributed by atoms with E-state index in [1.165, 1.54) is 0 Å². The Kier molecular flexibility index (Phi) is 4.34. The maximum atomic E-state index is 12.4. The van der Waals surface area contributed by atoms with Crippen LogP contribution >= 0.6 is 0 Å². The molecule has 0 radical (unpaired) electrons. The van der Waals surface area contributed by atoms with Crippen LogP contribution in [-0.4, -0.2) is 16.2 Å². The van der Waals surface area contributed by atoms with Gasteiger partial charge in [-0.05, 0) is 62.9 Å². The number of carbonyl (C=O) groups is 1. The summed E-state index contributed by atoms with van der Waals surface area (Å²) < 4.78 is 6.21. The molecule has 4 rings (SSSR count). The molecular formula is C24H22O5. The van der Waals surface area contributed by atoms with Gasteiger partial charge in [0.05, 0.1) is 5.92 Å². The van der Waals surface area contributed by atoms with E-state index in [1.807, 2.05) is 32.1 Å². The number of benzene rings is 2. The molecule has 1 atom stereocenters. The third-order valence-electron chi connectivity index (χ3n) is 5.83. The Labute approximate surface area is 167 Å². The van der Waals surface area contributed by atoms with Gasteiger partial charge in [0, 0.05) is 27.6 Å². The molecule has 0 fully saturated rings. The number of hydrogen-bond donors (Lipinski definition) is 2. The van der Waals surface area contributed by atoms with Gasteiger partial charge in [-0.2, -0.15) is 0 Å². The van der Waals surface area contributed by atoms with Crippen LogP contribution < -0.4 is 5.43 Å². The van der Waals surface area contributed by atoms with Gasteiger partial charge in [-0.25, -0.2) is 0 Å². The SMILES string of the molecule is Cc1cc(=O)c(C)c2oc3c(C)c(O)cc(C)c3c(C3=CC=CCC3C(=O)O)c1-2. The Balaban J connectivity index is 2.30. The van der Waals surface area contributed by atoms with Crippen LogP contribution in [0.1, 0.15) is 34.2 Å². The van der Waals surface area contributed by atoms with Gasteiger partial charge >= 0.3 is 5.97 Å². The van der Waals surface area contributed by atoms with Gasteiger partial charge in [-0.15, -0.1) is 0 Å². The number of phenolic OH excluding ortho intramolecular Hbond substituents is 1. The van der Waals surface area contributed by atoms with Crippen molar-refractivity contribution in [3.05, 3.63) is 68.4 Å². The highest BCUT2D eigenvalue weighted by atomic mass is 16.4. The summed E-state index contributed by atoms with van der Waals surface area (Å²) in [5.41, 5.74) is 5.07. The van der Waals surface area contributed by atoms with Crippen molar-refractivity contribution in [1.29, 1.82) is 0 Å². The molecule has 0 saturated heterocycles. The first-order chi connectivity index (χ1) is 13.7. The Morgan fingerprint density at radius 2 is 1.79 bits per heavy atom. The summed E-state index contributed by atoms with van der Waals surface area (Å²) >= 11 is 0. The van der Waals surface area contributed by atoms with Crippen LogP contribution in [0, 0.1) is 33.6 Å². The van der Waals surface area contributed by atoms with E-state index in [4.69, 9.17) is 4.42 Å². The maximum absolute atomic E-state index is 12.4. The molecule has 2 N–H and O–H groups in total. The first-order valence-electron chi connectivity index (χ1n) is 9.52. The molecule has 5 nitrogen and oxygen atoms in total. The fraction of sp³-hybridized carbons (Fsp3) is 0.250. The molecule has 0 aromatic heterocycles. The molecule has 2 aliphatic carbocycles. The zero-order valence-corrected chi connectivity index (χ0v) is 16.8. The number of carboxylic acid groups (broad SMARTS) is 1. The van der Waals surface area contributed by atoms with Gasteiger partial charge in [-0.3, -0.25) is 9.59 Å². The lowest BCUT2D eigenvalue weighted by Crippen LogP contribution is -2.18. The molecule has 0 amide bonds. The van der Waals surface area contributed by atoms with Crippen molar-refractivity contribution in [2.45, 2.75) is 34.1 Å². The van der Waals surface area contributed by atoms with Crippen LogP contribution in [0.15, 0.2) is 39.6 Å². The number of aliphatic carboxylic acids is 1. The molecule has 0 bridgehead atoms. The fourth-order valence-corrected chi connectivity index (χ4v) is 4.24. The predicted molar refractivity (Wildman–Crippen MR) is 113 cm³/mol. The summed E-state index contributed by atoms with van der Waals surface area (Å²) in [6, 6.07) is 3.24. The molecule has 1 aliphatic heterocycles. The van der Waals surface area contributed by atoms with E-state index in [2.05, 4.69) is 0 Å². The zero-order valence-electron chi connectivity index (χ0n) is 16.8. The molecule has 0 spiro atoms. The molecule has 5 heteroatoms. The van der Waals surface area contributed by atoms with Crippen molar-refractivity contribution in [1.82, 2.24) is 0 Å². The minimum absolute atomic E-state index is 0.101. The number of carboxylic acids is 1. The lowest BCUT2D eigenvalue weighted by molar-refractivity contribution is -0.139. The molecule has 3 aliphatic rings. The highest BCUT2D eigenvalue weighted by molar-refractivity contribution is 6.06. The van der Waals surface area contributed by atoms with Gasteiger partial charge in [0.25, 0.3) is 0 Å². The summed E-state index contributed by atoms with van der Waals surface area (Å²) in [6.45, 7) is 7.17. The highest BCUT2D eigenvalue weighted by Crippen LogP contribution is 2.46. The molecular weight excluding hydrogens is 368 g/mol. The summed E-state index contributed by atoms with van der Waals surface area (Å²) in [6.07, 6.45) is 5.93. The van der Waals surface area contributed by atoms with Crippen molar-refractivity contribution in [2.24, 2.45) is 5.92 Å². The fourth-order valence-electron chi connectivity index (χ4n) is 4.24. The average Bonchev–Trinajstić information content (AvgIpc) is 2.68. The summed E-state index contributed by atoms with van der Waals surface area (Å²) in [4.78, 5) is 24.5. The van der Waals surface area contributed by atoms with E-state index in [9.17, 15) is 19.8 Å². The molecule has 1 unspecified atom stereocenters. The molecule has 0 saturated carbocycles. The lowest BCUT2D eigenvalue weighted by Gasteiger charge is -2.26. The number of fused-ring (bicyclic) bond motifs is 2. The Morgan fingerprint density at radius 3 is 2.48 bits per heavy atom. The minimum atomic E-state index is -0.898. The summed E-state index contributed by atoms with van der Waals surface area (Å²) in [7, 11) is 0. The van der Waals surface area contributed by atoms with Crippen LogP contribution in [0.2, 0.25) is 0 Å². The summed E-state index contributed by atoms with van der Waals surface area (Å²) in [5.74, 6) is -1.06. The van der Waals surface area contributed by atoms with Crippen LogP contribution in [0.25, 0.3) is 27.9 Å². The van der Waals surface area contributed by atoms with Gasteiger partial charge in [0.1, 0.15) is 17.1 Å². The monoisotopic (exact) mass is 390 g/mol. The largest absolute Gasteiger partial charge is 0.508 e. The number of phenols is 1. The third kappa shape index (κ3) is 2.77. The lowest BCUT2D eigenvalue weighted by atomic mass is 9.79. The van der Waals surface area contributed by atoms with Crippen LogP contribution in [0.5, 0.6) is 5.75 Å². The zero-order chi connectivity index (χ0) is 21.0. The van der Waals surface area contributed by atoms with Gasteiger partial charge in [0.15, 0.2) is 5.43 Å². The van der Waals surface area contributed by atoms with Crippen LogP contribution in [0.4, 0.5) is 0 Å². The van der Waals surface area contributed by atoms with Crippen molar-refractivity contribution >= 4 is 22.5 Å². The second-order valence-electron chi connectivity index (χ2n) is 7.72. The second-order valence-corrected chi connectivity index (χ2v) is 7.72. The highest BCUT2D eigenvalue weighted by Gasteiger charge is 2.31. The number of aryl methyl sites for hydroxylation is 3. The van der Waals surface area contributed by atoms with Gasteiger partial charge < -0.3 is 14.6 Å². The van der Waals surface area contributed by atoms with Crippen molar-refractivity contribution < 1.29 is 19.4 Å². The van der Waals surface area contributed by atoms with E-state index in [0.717, 1.165) is 27.6 Å².